The number of anilines is 2. The molecule has 1 saturated heterocycles. The first-order valence-electron chi connectivity index (χ1n) is 7.08. The predicted molar refractivity (Wildman–Crippen MR) is 89.6 cm³/mol. The Morgan fingerprint density at radius 3 is 2.52 bits per heavy atom. The highest BCUT2D eigenvalue weighted by Crippen LogP contribution is 2.31. The number of nitrogens with one attached hydrogen (secondary N) is 2. The third kappa shape index (κ3) is 4.73. The van der Waals surface area contributed by atoms with E-state index in [1.165, 1.54) is 6.92 Å². The van der Waals surface area contributed by atoms with Crippen molar-refractivity contribution in [2.24, 2.45) is 0 Å². The zero-order valence-corrected chi connectivity index (χ0v) is 14.2. The van der Waals surface area contributed by atoms with Gasteiger partial charge in [0, 0.05) is 37.6 Å². The van der Waals surface area contributed by atoms with Gasteiger partial charge in [-0.25, -0.2) is 0 Å². The largest absolute Gasteiger partial charge is 0.368 e. The van der Waals surface area contributed by atoms with Crippen molar-refractivity contribution in [2.75, 3.05) is 36.4 Å². The Bertz CT molecular complexity index is 533. The van der Waals surface area contributed by atoms with Gasteiger partial charge in [-0.3, -0.25) is 4.79 Å². The van der Waals surface area contributed by atoms with E-state index in [1.807, 2.05) is 19.9 Å². The van der Waals surface area contributed by atoms with Crippen molar-refractivity contribution in [3.05, 3.63) is 22.2 Å². The summed E-state index contributed by atoms with van der Waals surface area (Å²) in [5.74, 6) is -0.153. The number of carbonyl (C=O) groups excluding carboxylic acids is 1. The quantitative estimate of drug-likeness (QED) is 0.858. The smallest absolute Gasteiger partial charge is 0.221 e. The fraction of sp³-hybridized carbons (Fsp3) is 0.467. The molecule has 0 radical (unpaired) electrons. The molecular weight excluding hydrogens is 332 g/mol. The first kappa shape index (κ1) is 17.5. The molecule has 0 spiro atoms. The predicted octanol–water partition coefficient (Wildman–Crippen LogP) is 2.71. The van der Waals surface area contributed by atoms with Gasteiger partial charge in [0.1, 0.15) is 6.07 Å². The number of benzene rings is 1. The van der Waals surface area contributed by atoms with Crippen LogP contribution in [0.2, 0.25) is 0 Å². The van der Waals surface area contributed by atoms with Gasteiger partial charge < -0.3 is 15.5 Å². The van der Waals surface area contributed by atoms with Gasteiger partial charge in [-0.2, -0.15) is 5.26 Å². The fourth-order valence-corrected chi connectivity index (χ4v) is 2.54. The lowest BCUT2D eigenvalue weighted by molar-refractivity contribution is -0.114. The zero-order chi connectivity index (χ0) is 15.8. The van der Waals surface area contributed by atoms with Crippen molar-refractivity contribution >= 4 is 33.2 Å². The van der Waals surface area contributed by atoms with Crippen molar-refractivity contribution in [2.45, 2.75) is 20.8 Å². The maximum absolute atomic E-state index is 11.1. The van der Waals surface area contributed by atoms with E-state index in [1.54, 1.807) is 6.07 Å². The van der Waals surface area contributed by atoms with Gasteiger partial charge in [-0.05, 0) is 28.1 Å². The van der Waals surface area contributed by atoms with Crippen molar-refractivity contribution < 1.29 is 4.79 Å². The molecule has 1 aliphatic heterocycles. The summed E-state index contributed by atoms with van der Waals surface area (Å²) < 4.78 is 0.787. The number of hydrogen-bond donors (Lipinski definition) is 2. The van der Waals surface area contributed by atoms with Crippen LogP contribution in [-0.2, 0) is 4.79 Å². The van der Waals surface area contributed by atoms with Crippen molar-refractivity contribution in [1.82, 2.24) is 5.32 Å². The minimum absolute atomic E-state index is 0.153. The SMILES string of the molecule is CC.CC(=O)Nc1cc(C#N)c(N2CCNCC2)cc1Br. The van der Waals surface area contributed by atoms with Gasteiger partial charge in [-0.15, -0.1) is 0 Å². The van der Waals surface area contributed by atoms with Gasteiger partial charge in [0.2, 0.25) is 5.91 Å². The number of piperazine rings is 1. The van der Waals surface area contributed by atoms with E-state index >= 15 is 0 Å². The monoisotopic (exact) mass is 352 g/mol. The molecule has 0 aliphatic carbocycles. The van der Waals surface area contributed by atoms with Crippen LogP contribution in [-0.4, -0.2) is 32.1 Å². The molecule has 21 heavy (non-hydrogen) atoms. The Balaban J connectivity index is 0.00000106. The van der Waals surface area contributed by atoms with E-state index in [9.17, 15) is 10.1 Å². The Morgan fingerprint density at radius 1 is 1.38 bits per heavy atom. The van der Waals surface area contributed by atoms with E-state index in [0.717, 1.165) is 36.3 Å². The van der Waals surface area contributed by atoms with Gasteiger partial charge >= 0.3 is 0 Å². The van der Waals surface area contributed by atoms with Crippen molar-refractivity contribution in [3.8, 4) is 6.07 Å². The van der Waals surface area contributed by atoms with Crippen LogP contribution in [0.4, 0.5) is 11.4 Å². The molecule has 1 heterocycles. The van der Waals surface area contributed by atoms with E-state index in [0.29, 0.717) is 11.3 Å². The molecule has 1 aromatic rings. The minimum atomic E-state index is -0.153. The number of nitrogens with zero attached hydrogens (tertiary/aromatic N) is 2. The molecule has 0 bridgehead atoms. The third-order valence-electron chi connectivity index (χ3n) is 2.97. The van der Waals surface area contributed by atoms with Crippen molar-refractivity contribution in [3.63, 3.8) is 0 Å². The molecule has 0 aromatic heterocycles. The highest BCUT2D eigenvalue weighted by molar-refractivity contribution is 9.10. The molecule has 1 aromatic carbocycles. The lowest BCUT2D eigenvalue weighted by Crippen LogP contribution is -2.43. The molecule has 2 N–H and O–H groups in total. The van der Waals surface area contributed by atoms with Crippen LogP contribution in [0.15, 0.2) is 16.6 Å². The summed E-state index contributed by atoms with van der Waals surface area (Å²) in [5, 5.41) is 15.3. The number of rotatable bonds is 2. The average Bonchev–Trinajstić information content (AvgIpc) is 2.51. The molecular formula is C15H21BrN4O. The second-order valence-corrected chi connectivity index (χ2v) is 5.23. The standard InChI is InChI=1S/C13H15BrN4O.C2H6/c1-9(19)17-12-6-10(8-15)13(7-11(12)14)18-4-2-16-3-5-18;1-2/h6-7,16H,2-5H2,1H3,(H,17,19);1-2H3. The first-order valence-corrected chi connectivity index (χ1v) is 7.88. The summed E-state index contributed by atoms with van der Waals surface area (Å²) in [7, 11) is 0. The van der Waals surface area contributed by atoms with Crippen LogP contribution in [0, 0.1) is 11.3 Å². The Labute approximate surface area is 134 Å². The lowest BCUT2D eigenvalue weighted by Gasteiger charge is -2.30. The van der Waals surface area contributed by atoms with Gasteiger partial charge in [0.05, 0.1) is 16.9 Å². The topological polar surface area (TPSA) is 68.2 Å². The lowest BCUT2D eigenvalue weighted by atomic mass is 10.1. The van der Waals surface area contributed by atoms with Crippen LogP contribution < -0.4 is 15.5 Å². The molecule has 0 atom stereocenters. The molecule has 114 valence electrons. The molecule has 1 amide bonds. The molecule has 1 aliphatic rings. The summed E-state index contributed by atoms with van der Waals surface area (Å²) >= 11 is 3.44. The molecule has 5 nitrogen and oxygen atoms in total. The van der Waals surface area contributed by atoms with Gasteiger partial charge in [0.15, 0.2) is 0 Å². The van der Waals surface area contributed by atoms with Gasteiger partial charge in [0.25, 0.3) is 0 Å². The number of hydrogen-bond acceptors (Lipinski definition) is 4. The minimum Gasteiger partial charge on any atom is -0.368 e. The maximum atomic E-state index is 11.1. The van der Waals surface area contributed by atoms with Crippen LogP contribution in [0.25, 0.3) is 0 Å². The molecule has 1 fully saturated rings. The second kappa shape index (κ2) is 8.65. The third-order valence-corrected chi connectivity index (χ3v) is 3.63. The average molecular weight is 353 g/mol. The highest BCUT2D eigenvalue weighted by atomic mass is 79.9. The molecule has 0 saturated carbocycles. The number of nitriles is 1. The van der Waals surface area contributed by atoms with Crippen LogP contribution >= 0.6 is 15.9 Å². The van der Waals surface area contributed by atoms with Crippen LogP contribution in [0.3, 0.4) is 0 Å². The highest BCUT2D eigenvalue weighted by Gasteiger charge is 2.16. The molecule has 0 unspecified atom stereocenters. The first-order chi connectivity index (χ1) is 10.1. The second-order valence-electron chi connectivity index (χ2n) is 4.38. The van der Waals surface area contributed by atoms with Crippen LogP contribution in [0.5, 0.6) is 0 Å². The maximum Gasteiger partial charge on any atom is 0.221 e. The number of halogens is 1. The Kier molecular flexibility index (Phi) is 7.20. The van der Waals surface area contributed by atoms with E-state index in [4.69, 9.17) is 0 Å². The zero-order valence-electron chi connectivity index (χ0n) is 12.7. The molecule has 6 heteroatoms. The fourth-order valence-electron chi connectivity index (χ4n) is 2.11. The number of carbonyl (C=O) groups is 1. The van der Waals surface area contributed by atoms with Crippen LogP contribution in [0.1, 0.15) is 26.3 Å². The Morgan fingerprint density at radius 2 is 2.00 bits per heavy atom. The normalized spacial score (nSPS) is 13.8. The summed E-state index contributed by atoms with van der Waals surface area (Å²) in [6.07, 6.45) is 0. The summed E-state index contributed by atoms with van der Waals surface area (Å²) in [6.45, 7) is 9.02. The number of amides is 1. The van der Waals surface area contributed by atoms with E-state index < -0.39 is 0 Å². The summed E-state index contributed by atoms with van der Waals surface area (Å²) in [5.41, 5.74) is 2.11. The van der Waals surface area contributed by atoms with Gasteiger partial charge in [-0.1, -0.05) is 13.8 Å². The van der Waals surface area contributed by atoms with Crippen molar-refractivity contribution in [1.29, 1.82) is 5.26 Å². The molecule has 2 rings (SSSR count). The van der Waals surface area contributed by atoms with E-state index in [-0.39, 0.29) is 5.91 Å². The van der Waals surface area contributed by atoms with E-state index in [2.05, 4.69) is 37.5 Å². The summed E-state index contributed by atoms with van der Waals surface area (Å²) in [4.78, 5) is 13.3. The Hall–Kier alpha value is -1.58. The summed E-state index contributed by atoms with van der Waals surface area (Å²) in [6, 6.07) is 5.81.